The first-order valence-electron chi connectivity index (χ1n) is 7.17. The van der Waals surface area contributed by atoms with Crippen LogP contribution in [0.1, 0.15) is 37.7 Å². The molecule has 0 saturated heterocycles. The fourth-order valence-corrected chi connectivity index (χ4v) is 2.83. The molecule has 3 N–H and O–H groups in total. The molecule has 0 radical (unpaired) electrons. The van der Waals surface area contributed by atoms with Gasteiger partial charge in [0.15, 0.2) is 9.84 Å². The fourth-order valence-electron chi connectivity index (χ4n) is 2.05. The van der Waals surface area contributed by atoms with E-state index in [1.54, 1.807) is 24.3 Å². The van der Waals surface area contributed by atoms with Crippen LogP contribution in [0.4, 0.5) is 5.69 Å². The summed E-state index contributed by atoms with van der Waals surface area (Å²) in [4.78, 5) is 11.8. The first-order chi connectivity index (χ1) is 9.90. The molecule has 1 aromatic carbocycles. The highest BCUT2D eigenvalue weighted by atomic mass is 32.2. The standard InChI is InChI=1S/C15H24N2O3S/c1-21(19,20)12-13-7-6-8-14(11-13)17-15(18)9-4-2-3-5-10-16/h6-8,11H,2-5,9-10,12,16H2,1H3,(H,17,18). The smallest absolute Gasteiger partial charge is 0.224 e. The van der Waals surface area contributed by atoms with Crippen molar-refractivity contribution in [2.45, 2.75) is 37.9 Å². The zero-order chi connectivity index (χ0) is 15.7. The summed E-state index contributed by atoms with van der Waals surface area (Å²) in [5.41, 5.74) is 6.73. The lowest BCUT2D eigenvalue weighted by atomic mass is 10.1. The monoisotopic (exact) mass is 312 g/mol. The summed E-state index contributed by atoms with van der Waals surface area (Å²) >= 11 is 0. The van der Waals surface area contributed by atoms with Gasteiger partial charge in [0.25, 0.3) is 0 Å². The summed E-state index contributed by atoms with van der Waals surface area (Å²) in [5.74, 6) is -0.0604. The van der Waals surface area contributed by atoms with Gasteiger partial charge in [-0.15, -0.1) is 0 Å². The molecule has 0 heterocycles. The first kappa shape index (κ1) is 17.7. The molecule has 0 aliphatic heterocycles. The van der Waals surface area contributed by atoms with E-state index < -0.39 is 9.84 Å². The Hall–Kier alpha value is -1.40. The van der Waals surface area contributed by atoms with Gasteiger partial charge >= 0.3 is 0 Å². The van der Waals surface area contributed by atoms with E-state index in [0.29, 0.717) is 24.2 Å². The van der Waals surface area contributed by atoms with E-state index in [4.69, 9.17) is 5.73 Å². The maximum atomic E-state index is 11.8. The minimum atomic E-state index is -3.07. The minimum Gasteiger partial charge on any atom is -0.330 e. The van der Waals surface area contributed by atoms with Gasteiger partial charge in [-0.05, 0) is 37.1 Å². The Bertz CT molecular complexity index is 556. The highest BCUT2D eigenvalue weighted by Gasteiger charge is 2.07. The molecule has 0 spiro atoms. The van der Waals surface area contributed by atoms with Gasteiger partial charge in [0, 0.05) is 18.4 Å². The third-order valence-corrected chi connectivity index (χ3v) is 3.86. The predicted molar refractivity (Wildman–Crippen MR) is 85.8 cm³/mol. The number of nitrogens with one attached hydrogen (secondary N) is 1. The van der Waals surface area contributed by atoms with Crippen molar-refractivity contribution < 1.29 is 13.2 Å². The topological polar surface area (TPSA) is 89.3 Å². The van der Waals surface area contributed by atoms with Gasteiger partial charge in [0.05, 0.1) is 5.75 Å². The van der Waals surface area contributed by atoms with Crippen LogP contribution >= 0.6 is 0 Å². The molecule has 0 fully saturated rings. The van der Waals surface area contributed by atoms with Crippen molar-refractivity contribution in [1.82, 2.24) is 0 Å². The van der Waals surface area contributed by atoms with E-state index in [9.17, 15) is 13.2 Å². The first-order valence-corrected chi connectivity index (χ1v) is 9.23. The average molecular weight is 312 g/mol. The van der Waals surface area contributed by atoms with Crippen LogP contribution in [0.15, 0.2) is 24.3 Å². The van der Waals surface area contributed by atoms with E-state index in [1.807, 2.05) is 0 Å². The average Bonchev–Trinajstić information content (AvgIpc) is 2.37. The number of nitrogens with two attached hydrogens (primary N) is 1. The number of benzene rings is 1. The van der Waals surface area contributed by atoms with Crippen molar-refractivity contribution in [3.8, 4) is 0 Å². The lowest BCUT2D eigenvalue weighted by Gasteiger charge is -2.07. The molecule has 0 atom stereocenters. The molecular formula is C15H24N2O3S. The second kappa shape index (κ2) is 8.79. The molecular weight excluding hydrogens is 288 g/mol. The molecule has 118 valence electrons. The van der Waals surface area contributed by atoms with Gasteiger partial charge in [-0.2, -0.15) is 0 Å². The van der Waals surface area contributed by atoms with Gasteiger partial charge in [0.1, 0.15) is 0 Å². The van der Waals surface area contributed by atoms with Crippen molar-refractivity contribution in [3.05, 3.63) is 29.8 Å². The molecule has 1 amide bonds. The van der Waals surface area contributed by atoms with E-state index >= 15 is 0 Å². The normalized spacial score (nSPS) is 11.3. The van der Waals surface area contributed by atoms with Crippen LogP contribution in [0.25, 0.3) is 0 Å². The Morgan fingerprint density at radius 2 is 1.90 bits per heavy atom. The number of hydrogen-bond donors (Lipinski definition) is 2. The number of anilines is 1. The van der Waals surface area contributed by atoms with Crippen LogP contribution in [0, 0.1) is 0 Å². The zero-order valence-corrected chi connectivity index (χ0v) is 13.3. The third-order valence-electron chi connectivity index (χ3n) is 3.00. The summed E-state index contributed by atoms with van der Waals surface area (Å²) in [5, 5.41) is 2.80. The maximum Gasteiger partial charge on any atom is 0.224 e. The molecule has 0 aliphatic carbocycles. The third kappa shape index (κ3) is 8.47. The second-order valence-corrected chi connectivity index (χ2v) is 7.41. The zero-order valence-electron chi connectivity index (χ0n) is 12.5. The van der Waals surface area contributed by atoms with Crippen molar-refractivity contribution in [1.29, 1.82) is 0 Å². The molecule has 0 aliphatic rings. The van der Waals surface area contributed by atoms with Crippen molar-refractivity contribution in [2.24, 2.45) is 5.73 Å². The van der Waals surface area contributed by atoms with Gasteiger partial charge in [-0.25, -0.2) is 8.42 Å². The lowest BCUT2D eigenvalue weighted by Crippen LogP contribution is -2.11. The van der Waals surface area contributed by atoms with Crippen LogP contribution < -0.4 is 11.1 Å². The van der Waals surface area contributed by atoms with Crippen molar-refractivity contribution in [3.63, 3.8) is 0 Å². The summed E-state index contributed by atoms with van der Waals surface area (Å²) in [7, 11) is -3.07. The van der Waals surface area contributed by atoms with Crippen LogP contribution in [-0.2, 0) is 20.4 Å². The van der Waals surface area contributed by atoms with E-state index in [2.05, 4.69) is 5.32 Å². The number of unbranched alkanes of at least 4 members (excludes halogenated alkanes) is 3. The number of rotatable bonds is 9. The minimum absolute atomic E-state index is 0.0181. The van der Waals surface area contributed by atoms with Crippen molar-refractivity contribution in [2.75, 3.05) is 18.1 Å². The largest absolute Gasteiger partial charge is 0.330 e. The van der Waals surface area contributed by atoms with Gasteiger partial charge in [-0.1, -0.05) is 25.0 Å². The molecule has 1 aromatic rings. The molecule has 5 nitrogen and oxygen atoms in total. The summed E-state index contributed by atoms with van der Waals surface area (Å²) in [6.07, 6.45) is 5.55. The number of amides is 1. The Morgan fingerprint density at radius 3 is 2.57 bits per heavy atom. The highest BCUT2D eigenvalue weighted by molar-refractivity contribution is 7.89. The SMILES string of the molecule is CS(=O)(=O)Cc1cccc(NC(=O)CCCCCCN)c1. The van der Waals surface area contributed by atoms with E-state index in [1.165, 1.54) is 6.26 Å². The maximum absolute atomic E-state index is 11.8. The van der Waals surface area contributed by atoms with Crippen LogP contribution in [0.2, 0.25) is 0 Å². The van der Waals surface area contributed by atoms with Crippen molar-refractivity contribution >= 4 is 21.4 Å². The fraction of sp³-hybridized carbons (Fsp3) is 0.533. The summed E-state index contributed by atoms with van der Waals surface area (Å²) in [6.45, 7) is 0.694. The molecule has 6 heteroatoms. The summed E-state index contributed by atoms with van der Waals surface area (Å²) < 4.78 is 22.5. The second-order valence-electron chi connectivity index (χ2n) is 5.27. The van der Waals surface area contributed by atoms with Crippen LogP contribution in [0.5, 0.6) is 0 Å². The predicted octanol–water partition coefficient (Wildman–Crippen LogP) is 2.08. The Kier molecular flexibility index (Phi) is 7.39. The number of carbonyl (C=O) groups is 1. The molecule has 0 saturated carbocycles. The molecule has 0 bridgehead atoms. The van der Waals surface area contributed by atoms with Crippen LogP contribution in [0.3, 0.4) is 0 Å². The highest BCUT2D eigenvalue weighted by Crippen LogP contribution is 2.14. The molecule has 0 unspecified atom stereocenters. The Labute approximate surface area is 126 Å². The molecule has 0 aromatic heterocycles. The lowest BCUT2D eigenvalue weighted by molar-refractivity contribution is -0.116. The quantitative estimate of drug-likeness (QED) is 0.683. The Balaban J connectivity index is 2.43. The molecule has 21 heavy (non-hydrogen) atoms. The number of hydrogen-bond acceptors (Lipinski definition) is 4. The number of carbonyl (C=O) groups excluding carboxylic acids is 1. The number of sulfone groups is 1. The summed E-state index contributed by atoms with van der Waals surface area (Å²) in [6, 6.07) is 6.95. The van der Waals surface area contributed by atoms with Gasteiger partial charge in [0.2, 0.25) is 5.91 Å². The van der Waals surface area contributed by atoms with E-state index in [0.717, 1.165) is 25.7 Å². The van der Waals surface area contributed by atoms with E-state index in [-0.39, 0.29) is 11.7 Å². The molecule has 1 rings (SSSR count). The van der Waals surface area contributed by atoms with Gasteiger partial charge < -0.3 is 11.1 Å². The van der Waals surface area contributed by atoms with Crippen LogP contribution in [-0.4, -0.2) is 27.1 Å². The van der Waals surface area contributed by atoms with Gasteiger partial charge in [-0.3, -0.25) is 4.79 Å². The Morgan fingerprint density at radius 1 is 1.19 bits per heavy atom.